The summed E-state index contributed by atoms with van der Waals surface area (Å²) >= 11 is 11.5. The van der Waals surface area contributed by atoms with Gasteiger partial charge in [0.05, 0.1) is 0 Å². The summed E-state index contributed by atoms with van der Waals surface area (Å²) in [7, 11) is 0. The fourth-order valence-electron chi connectivity index (χ4n) is 1.23. The third-order valence-electron chi connectivity index (χ3n) is 1.86. The zero-order chi connectivity index (χ0) is 14.5. The van der Waals surface area contributed by atoms with Gasteiger partial charge in [-0.3, -0.25) is 0 Å². The van der Waals surface area contributed by atoms with Gasteiger partial charge in [0.25, 0.3) is 0 Å². The number of hydrogen-bond acceptors (Lipinski definition) is 3. The van der Waals surface area contributed by atoms with E-state index in [2.05, 4.69) is 10.3 Å². The molecule has 0 aliphatic rings. The zero-order valence-electron chi connectivity index (χ0n) is 11.0. The Morgan fingerprint density at radius 2 is 1.95 bits per heavy atom. The quantitative estimate of drug-likeness (QED) is 0.861. The number of nitrogens with one attached hydrogen (secondary N) is 1. The summed E-state index contributed by atoms with van der Waals surface area (Å²) in [6.07, 6.45) is 3.10. The Balaban J connectivity index is 2.44. The Morgan fingerprint density at radius 3 is 2.47 bits per heavy atom. The standard InChI is InChI=1S/C13H16Cl2N2O2/c1-13(2,3)19-12(18)16-6-4-5-9-7-10(14)17-11(15)8-9/h4-5,7-8H,6H2,1-3H3,(H,16,18). The second-order valence-electron chi connectivity index (χ2n) is 4.83. The lowest BCUT2D eigenvalue weighted by Crippen LogP contribution is -2.32. The van der Waals surface area contributed by atoms with Crippen molar-refractivity contribution in [1.82, 2.24) is 10.3 Å². The van der Waals surface area contributed by atoms with E-state index in [4.69, 9.17) is 27.9 Å². The van der Waals surface area contributed by atoms with Gasteiger partial charge in [-0.2, -0.15) is 0 Å². The third kappa shape index (κ3) is 7.03. The second kappa shape index (κ2) is 6.78. The molecule has 1 N–H and O–H groups in total. The maximum absolute atomic E-state index is 11.4. The van der Waals surface area contributed by atoms with Crippen LogP contribution in [-0.2, 0) is 4.74 Å². The molecule has 6 heteroatoms. The molecule has 1 aromatic heterocycles. The van der Waals surface area contributed by atoms with Crippen molar-refractivity contribution in [1.29, 1.82) is 0 Å². The number of pyridine rings is 1. The lowest BCUT2D eigenvalue weighted by molar-refractivity contribution is 0.0534. The van der Waals surface area contributed by atoms with Crippen LogP contribution in [0.2, 0.25) is 10.3 Å². The molecule has 19 heavy (non-hydrogen) atoms. The maximum atomic E-state index is 11.4. The molecule has 1 rings (SSSR count). The number of carbonyl (C=O) groups excluding carboxylic acids is 1. The number of hydrogen-bond donors (Lipinski definition) is 1. The Kier molecular flexibility index (Phi) is 5.63. The summed E-state index contributed by atoms with van der Waals surface area (Å²) in [6, 6.07) is 3.36. The van der Waals surface area contributed by atoms with Crippen LogP contribution in [0.25, 0.3) is 6.08 Å². The van der Waals surface area contributed by atoms with Gasteiger partial charge in [-0.15, -0.1) is 0 Å². The van der Waals surface area contributed by atoms with E-state index in [9.17, 15) is 4.79 Å². The van der Waals surface area contributed by atoms with Gasteiger partial charge >= 0.3 is 6.09 Å². The fraction of sp³-hybridized carbons (Fsp3) is 0.385. The molecule has 0 aromatic carbocycles. The summed E-state index contributed by atoms with van der Waals surface area (Å²) in [5, 5.41) is 3.26. The minimum absolute atomic E-state index is 0.326. The SMILES string of the molecule is CC(C)(C)OC(=O)NCC=Cc1cc(Cl)nc(Cl)c1. The molecule has 0 bridgehead atoms. The molecular weight excluding hydrogens is 287 g/mol. The van der Waals surface area contributed by atoms with Crippen molar-refractivity contribution in [3.63, 3.8) is 0 Å². The molecule has 1 aromatic rings. The van der Waals surface area contributed by atoms with Crippen LogP contribution in [-0.4, -0.2) is 23.2 Å². The molecule has 1 amide bonds. The molecule has 0 fully saturated rings. The first-order valence-corrected chi connectivity index (χ1v) is 6.48. The highest BCUT2D eigenvalue weighted by Gasteiger charge is 2.14. The van der Waals surface area contributed by atoms with E-state index in [1.165, 1.54) is 0 Å². The van der Waals surface area contributed by atoms with Crippen molar-refractivity contribution >= 4 is 35.4 Å². The highest BCUT2D eigenvalue weighted by molar-refractivity contribution is 6.32. The lowest BCUT2D eigenvalue weighted by atomic mass is 10.2. The van der Waals surface area contributed by atoms with Gasteiger partial charge in [-0.25, -0.2) is 9.78 Å². The summed E-state index contributed by atoms with van der Waals surface area (Å²) in [5.41, 5.74) is 0.316. The van der Waals surface area contributed by atoms with E-state index in [-0.39, 0.29) is 0 Å². The van der Waals surface area contributed by atoms with Crippen molar-refractivity contribution in [2.75, 3.05) is 6.54 Å². The van der Waals surface area contributed by atoms with Gasteiger partial charge in [-0.1, -0.05) is 35.4 Å². The predicted molar refractivity (Wildman–Crippen MR) is 77.5 cm³/mol. The Bertz CT molecular complexity index is 462. The molecule has 1 heterocycles. The van der Waals surface area contributed by atoms with Gasteiger partial charge in [0.1, 0.15) is 15.9 Å². The number of carbonyl (C=O) groups is 1. The van der Waals surface area contributed by atoms with E-state index in [0.29, 0.717) is 16.9 Å². The minimum Gasteiger partial charge on any atom is -0.444 e. The average molecular weight is 303 g/mol. The van der Waals surface area contributed by atoms with E-state index in [1.54, 1.807) is 24.3 Å². The largest absolute Gasteiger partial charge is 0.444 e. The molecule has 0 spiro atoms. The number of aromatic nitrogens is 1. The molecule has 0 unspecified atom stereocenters. The Labute approximate surface area is 122 Å². The monoisotopic (exact) mass is 302 g/mol. The van der Waals surface area contributed by atoms with Crippen LogP contribution in [0.3, 0.4) is 0 Å². The van der Waals surface area contributed by atoms with Gasteiger partial charge < -0.3 is 10.1 Å². The molecule has 0 saturated carbocycles. The van der Waals surface area contributed by atoms with Crippen LogP contribution < -0.4 is 5.32 Å². The normalized spacial score (nSPS) is 11.6. The van der Waals surface area contributed by atoms with E-state index >= 15 is 0 Å². The number of amides is 1. The van der Waals surface area contributed by atoms with Gasteiger partial charge in [-0.05, 0) is 38.5 Å². The molecule has 4 nitrogen and oxygen atoms in total. The van der Waals surface area contributed by atoms with Crippen LogP contribution >= 0.6 is 23.2 Å². The molecule has 0 aliphatic heterocycles. The van der Waals surface area contributed by atoms with Crippen LogP contribution in [0.5, 0.6) is 0 Å². The maximum Gasteiger partial charge on any atom is 0.407 e. The first-order chi connectivity index (χ1) is 8.76. The predicted octanol–water partition coefficient (Wildman–Crippen LogP) is 3.93. The van der Waals surface area contributed by atoms with Crippen molar-refractivity contribution in [3.05, 3.63) is 34.1 Å². The van der Waals surface area contributed by atoms with Gasteiger partial charge in [0.15, 0.2) is 0 Å². The highest BCUT2D eigenvalue weighted by Crippen LogP contribution is 2.15. The summed E-state index contributed by atoms with van der Waals surface area (Å²) in [5.74, 6) is 0. The Hall–Kier alpha value is -1.26. The van der Waals surface area contributed by atoms with Crippen LogP contribution in [0.4, 0.5) is 4.79 Å². The van der Waals surface area contributed by atoms with Crippen molar-refractivity contribution in [2.45, 2.75) is 26.4 Å². The van der Waals surface area contributed by atoms with Crippen molar-refractivity contribution in [2.24, 2.45) is 0 Å². The van der Waals surface area contributed by atoms with E-state index in [1.807, 2.05) is 20.8 Å². The number of halogens is 2. The third-order valence-corrected chi connectivity index (χ3v) is 2.25. The first-order valence-electron chi connectivity index (χ1n) is 5.73. The summed E-state index contributed by atoms with van der Waals surface area (Å²) < 4.78 is 5.09. The molecule has 0 aliphatic carbocycles. The number of rotatable bonds is 3. The highest BCUT2D eigenvalue weighted by atomic mass is 35.5. The second-order valence-corrected chi connectivity index (χ2v) is 5.61. The molecular formula is C13H16Cl2N2O2. The number of alkyl carbamates (subject to hydrolysis) is 1. The van der Waals surface area contributed by atoms with Crippen molar-refractivity contribution in [3.8, 4) is 0 Å². The average Bonchev–Trinajstić information content (AvgIpc) is 2.20. The smallest absolute Gasteiger partial charge is 0.407 e. The van der Waals surface area contributed by atoms with Gasteiger partial charge in [0, 0.05) is 6.54 Å². The number of ether oxygens (including phenoxy) is 1. The summed E-state index contributed by atoms with van der Waals surface area (Å²) in [4.78, 5) is 15.2. The first kappa shape index (κ1) is 15.8. The zero-order valence-corrected chi connectivity index (χ0v) is 12.5. The topological polar surface area (TPSA) is 51.2 Å². The fourth-order valence-corrected chi connectivity index (χ4v) is 1.71. The molecule has 104 valence electrons. The van der Waals surface area contributed by atoms with Crippen molar-refractivity contribution < 1.29 is 9.53 Å². The van der Waals surface area contributed by atoms with Gasteiger partial charge in [0.2, 0.25) is 0 Å². The lowest BCUT2D eigenvalue weighted by Gasteiger charge is -2.19. The van der Waals surface area contributed by atoms with Crippen LogP contribution in [0, 0.1) is 0 Å². The van der Waals surface area contributed by atoms with Crippen LogP contribution in [0.15, 0.2) is 18.2 Å². The minimum atomic E-state index is -0.500. The molecule has 0 radical (unpaired) electrons. The molecule has 0 atom stereocenters. The van der Waals surface area contributed by atoms with Crippen LogP contribution in [0.1, 0.15) is 26.3 Å². The Morgan fingerprint density at radius 1 is 1.37 bits per heavy atom. The van der Waals surface area contributed by atoms with E-state index < -0.39 is 11.7 Å². The summed E-state index contributed by atoms with van der Waals surface area (Å²) in [6.45, 7) is 5.78. The van der Waals surface area contributed by atoms with E-state index in [0.717, 1.165) is 5.56 Å². The molecule has 0 saturated heterocycles. The number of nitrogens with zero attached hydrogens (tertiary/aromatic N) is 1.